The summed E-state index contributed by atoms with van der Waals surface area (Å²) >= 11 is 0. The number of benzene rings is 1. The molecule has 0 bridgehead atoms. The Bertz CT molecular complexity index is 757. The third-order valence-electron chi connectivity index (χ3n) is 6.00. The molecule has 1 aromatic carbocycles. The molecule has 1 N–H and O–H groups in total. The summed E-state index contributed by atoms with van der Waals surface area (Å²) in [4.78, 5) is 13.2. The zero-order valence-corrected chi connectivity index (χ0v) is 15.4. The molecular weight excluding hydrogens is 327 g/mol. The number of piperidine rings is 1. The molecule has 0 amide bonds. The van der Waals surface area contributed by atoms with E-state index in [-0.39, 0.29) is 11.4 Å². The van der Waals surface area contributed by atoms with Crippen LogP contribution in [-0.2, 0) is 12.0 Å². The van der Waals surface area contributed by atoms with E-state index in [1.54, 1.807) is 0 Å². The number of fused-ring (bicyclic) bond motifs is 2. The van der Waals surface area contributed by atoms with Crippen LogP contribution >= 0.6 is 0 Å². The van der Waals surface area contributed by atoms with Crippen LogP contribution in [0.25, 0.3) is 6.08 Å². The van der Waals surface area contributed by atoms with Gasteiger partial charge in [-0.2, -0.15) is 0 Å². The highest BCUT2D eigenvalue weighted by Gasteiger charge is 2.45. The minimum atomic E-state index is -0.186. The molecule has 0 aliphatic carbocycles. The van der Waals surface area contributed by atoms with Crippen molar-refractivity contribution in [3.63, 3.8) is 0 Å². The lowest BCUT2D eigenvalue weighted by Gasteiger charge is -2.50. The van der Waals surface area contributed by atoms with E-state index in [0.717, 1.165) is 57.5 Å². The van der Waals surface area contributed by atoms with Gasteiger partial charge in [0.1, 0.15) is 5.82 Å². The average molecular weight is 354 g/mol. The first-order chi connectivity index (χ1) is 12.7. The van der Waals surface area contributed by atoms with Crippen molar-refractivity contribution in [1.82, 2.24) is 19.8 Å². The number of nitrogens with one attached hydrogen (secondary N) is 1. The second kappa shape index (κ2) is 7.33. The Hall–Kier alpha value is -1.98. The lowest BCUT2D eigenvalue weighted by molar-refractivity contribution is 0.0122. The topological polar surface area (TPSA) is 35.2 Å². The van der Waals surface area contributed by atoms with E-state index in [1.807, 2.05) is 18.5 Å². The van der Waals surface area contributed by atoms with E-state index in [0.29, 0.717) is 0 Å². The Morgan fingerprint density at radius 1 is 1.19 bits per heavy atom. The first kappa shape index (κ1) is 17.4. The predicted molar refractivity (Wildman–Crippen MR) is 102 cm³/mol. The van der Waals surface area contributed by atoms with Gasteiger partial charge in [-0.15, -0.1) is 0 Å². The van der Waals surface area contributed by atoms with E-state index >= 15 is 0 Å². The van der Waals surface area contributed by atoms with Crippen LogP contribution < -0.4 is 0 Å². The molecule has 26 heavy (non-hydrogen) atoms. The monoisotopic (exact) mass is 354 g/mol. The number of imidazole rings is 1. The smallest absolute Gasteiger partial charge is 0.123 e. The average Bonchev–Trinajstić information content (AvgIpc) is 3.15. The SMILES string of the molecule is CCN1CCc2[nH]cnc2C12CCN(C/C=C/c1ccc(F)cc1)CC2. The van der Waals surface area contributed by atoms with Crippen LogP contribution in [0.1, 0.15) is 36.7 Å². The summed E-state index contributed by atoms with van der Waals surface area (Å²) in [6.07, 6.45) is 9.46. The maximum absolute atomic E-state index is 13.0. The van der Waals surface area contributed by atoms with Crippen molar-refractivity contribution in [1.29, 1.82) is 0 Å². The number of hydrogen-bond acceptors (Lipinski definition) is 3. The van der Waals surface area contributed by atoms with Gasteiger partial charge in [-0.3, -0.25) is 9.80 Å². The summed E-state index contributed by atoms with van der Waals surface area (Å²) in [6, 6.07) is 6.65. The highest BCUT2D eigenvalue weighted by molar-refractivity contribution is 5.49. The third-order valence-corrected chi connectivity index (χ3v) is 6.00. The van der Waals surface area contributed by atoms with Gasteiger partial charge in [0.15, 0.2) is 0 Å². The molecule has 138 valence electrons. The number of nitrogens with zero attached hydrogens (tertiary/aromatic N) is 3. The van der Waals surface area contributed by atoms with Crippen LogP contribution in [0.3, 0.4) is 0 Å². The van der Waals surface area contributed by atoms with Crippen LogP contribution in [0.15, 0.2) is 36.7 Å². The highest BCUT2D eigenvalue weighted by Crippen LogP contribution is 2.41. The maximum atomic E-state index is 13.0. The molecule has 0 saturated carbocycles. The molecule has 5 heteroatoms. The number of hydrogen-bond donors (Lipinski definition) is 1. The Labute approximate surface area is 154 Å². The van der Waals surface area contributed by atoms with Crippen LogP contribution in [0.4, 0.5) is 4.39 Å². The summed E-state index contributed by atoms with van der Waals surface area (Å²) in [5.74, 6) is -0.186. The van der Waals surface area contributed by atoms with Crippen molar-refractivity contribution in [2.24, 2.45) is 0 Å². The number of aromatic nitrogens is 2. The number of likely N-dealkylation sites (tertiary alicyclic amines) is 1. The van der Waals surface area contributed by atoms with Gasteiger partial charge in [0.25, 0.3) is 0 Å². The minimum absolute atomic E-state index is 0.111. The molecule has 0 unspecified atom stereocenters. The summed E-state index contributed by atoms with van der Waals surface area (Å²) in [6.45, 7) is 7.56. The third kappa shape index (κ3) is 3.21. The largest absolute Gasteiger partial charge is 0.348 e. The molecule has 1 spiro atoms. The lowest BCUT2D eigenvalue weighted by Crippen LogP contribution is -2.56. The van der Waals surface area contributed by atoms with E-state index in [1.165, 1.54) is 23.5 Å². The maximum Gasteiger partial charge on any atom is 0.123 e. The number of aromatic amines is 1. The fraction of sp³-hybridized carbons (Fsp3) is 0.476. The Morgan fingerprint density at radius 3 is 2.69 bits per heavy atom. The Kier molecular flexibility index (Phi) is 4.92. The van der Waals surface area contributed by atoms with Gasteiger partial charge in [0, 0.05) is 38.3 Å². The predicted octanol–water partition coefficient (Wildman–Crippen LogP) is 3.43. The van der Waals surface area contributed by atoms with Gasteiger partial charge in [0.2, 0.25) is 0 Å². The van der Waals surface area contributed by atoms with Crippen LogP contribution in [0.5, 0.6) is 0 Å². The van der Waals surface area contributed by atoms with Crippen LogP contribution in [-0.4, -0.2) is 52.5 Å². The van der Waals surface area contributed by atoms with Crippen molar-refractivity contribution >= 4 is 6.08 Å². The molecule has 2 aromatic rings. The summed E-state index contributed by atoms with van der Waals surface area (Å²) in [5, 5.41) is 0. The molecular formula is C21H27FN4. The van der Waals surface area contributed by atoms with Gasteiger partial charge in [-0.25, -0.2) is 9.37 Å². The van der Waals surface area contributed by atoms with Gasteiger partial charge in [-0.05, 0) is 37.1 Å². The molecule has 0 atom stereocenters. The number of rotatable bonds is 4. The molecule has 2 aliphatic heterocycles. The second-order valence-electron chi connectivity index (χ2n) is 7.35. The minimum Gasteiger partial charge on any atom is -0.348 e. The quantitative estimate of drug-likeness (QED) is 0.914. The van der Waals surface area contributed by atoms with Crippen LogP contribution in [0.2, 0.25) is 0 Å². The van der Waals surface area contributed by atoms with Gasteiger partial charge in [-0.1, -0.05) is 31.2 Å². The molecule has 2 aliphatic rings. The van der Waals surface area contributed by atoms with Crippen molar-refractivity contribution < 1.29 is 4.39 Å². The standard InChI is InChI=1S/C21H27FN4/c1-2-26-13-9-19-20(24-16-23-19)21(26)10-14-25(15-11-21)12-3-4-17-5-7-18(22)8-6-17/h3-8,16H,2,9-15H2,1H3,(H,23,24)/b4-3+. The molecule has 4 nitrogen and oxygen atoms in total. The van der Waals surface area contributed by atoms with Crippen molar-refractivity contribution in [3.8, 4) is 0 Å². The van der Waals surface area contributed by atoms with Crippen molar-refractivity contribution in [2.45, 2.75) is 31.7 Å². The number of H-pyrrole nitrogens is 1. The Morgan fingerprint density at radius 2 is 1.96 bits per heavy atom. The summed E-state index contributed by atoms with van der Waals surface area (Å²) in [7, 11) is 0. The van der Waals surface area contributed by atoms with E-state index < -0.39 is 0 Å². The van der Waals surface area contributed by atoms with Crippen molar-refractivity contribution in [2.75, 3.05) is 32.7 Å². The highest BCUT2D eigenvalue weighted by atomic mass is 19.1. The molecule has 1 saturated heterocycles. The fourth-order valence-corrected chi connectivity index (χ4v) is 4.55. The lowest BCUT2D eigenvalue weighted by atomic mass is 9.79. The van der Waals surface area contributed by atoms with Gasteiger partial charge < -0.3 is 4.98 Å². The zero-order valence-electron chi connectivity index (χ0n) is 15.4. The first-order valence-corrected chi connectivity index (χ1v) is 9.63. The number of likely N-dealkylation sites (N-methyl/N-ethyl adjacent to an activating group) is 1. The molecule has 3 heterocycles. The number of halogens is 1. The van der Waals surface area contributed by atoms with E-state index in [9.17, 15) is 4.39 Å². The summed E-state index contributed by atoms with van der Waals surface area (Å²) in [5.41, 5.74) is 3.77. The van der Waals surface area contributed by atoms with Crippen molar-refractivity contribution in [3.05, 3.63) is 59.4 Å². The zero-order chi connectivity index (χ0) is 18.0. The molecule has 1 fully saturated rings. The molecule has 0 radical (unpaired) electrons. The van der Waals surface area contributed by atoms with Gasteiger partial charge in [0.05, 0.1) is 17.6 Å². The fourth-order valence-electron chi connectivity index (χ4n) is 4.55. The second-order valence-corrected chi connectivity index (χ2v) is 7.35. The molecule has 1 aromatic heterocycles. The Balaban J connectivity index is 1.40. The van der Waals surface area contributed by atoms with Crippen LogP contribution in [0, 0.1) is 5.82 Å². The first-order valence-electron chi connectivity index (χ1n) is 9.63. The van der Waals surface area contributed by atoms with E-state index in [4.69, 9.17) is 4.98 Å². The van der Waals surface area contributed by atoms with E-state index in [2.05, 4.69) is 33.9 Å². The normalized spacial score (nSPS) is 20.7. The summed E-state index contributed by atoms with van der Waals surface area (Å²) < 4.78 is 13.0. The molecule has 4 rings (SSSR count). The van der Waals surface area contributed by atoms with Gasteiger partial charge >= 0.3 is 0 Å².